The molecule has 0 aliphatic carbocycles. The van der Waals surface area contributed by atoms with Crippen LogP contribution in [0.15, 0.2) is 17.5 Å². The van der Waals surface area contributed by atoms with E-state index in [1.807, 2.05) is 24.4 Å². The van der Waals surface area contributed by atoms with Crippen LogP contribution in [0.3, 0.4) is 0 Å². The number of carbonyl (C=O) groups excluding carboxylic acids is 2. The highest BCUT2D eigenvalue weighted by molar-refractivity contribution is 7.09. The summed E-state index contributed by atoms with van der Waals surface area (Å²) >= 11 is 1.66. The molecular weight excluding hydrogens is 262 g/mol. The lowest BCUT2D eigenvalue weighted by Crippen LogP contribution is -2.52. The van der Waals surface area contributed by atoms with Crippen LogP contribution in [-0.4, -0.2) is 48.9 Å². The fraction of sp³-hybridized carbons (Fsp3) is 0.538. The van der Waals surface area contributed by atoms with Crippen LogP contribution < -0.4 is 10.6 Å². The molecule has 104 valence electrons. The molecule has 0 spiro atoms. The summed E-state index contributed by atoms with van der Waals surface area (Å²) in [5.41, 5.74) is 0. The Morgan fingerprint density at radius 3 is 2.84 bits per heavy atom. The normalized spacial score (nSPS) is 17.0. The number of rotatable bonds is 3. The smallest absolute Gasteiger partial charge is 0.311 e. The van der Waals surface area contributed by atoms with Gasteiger partial charge in [-0.3, -0.25) is 9.59 Å². The van der Waals surface area contributed by atoms with Gasteiger partial charge in [0.25, 0.3) is 0 Å². The van der Waals surface area contributed by atoms with Crippen molar-refractivity contribution in [2.75, 3.05) is 26.2 Å². The number of amides is 2. The van der Waals surface area contributed by atoms with E-state index in [-0.39, 0.29) is 6.04 Å². The second kappa shape index (κ2) is 6.68. The first kappa shape index (κ1) is 14.0. The summed E-state index contributed by atoms with van der Waals surface area (Å²) in [7, 11) is 0. The molecule has 1 saturated heterocycles. The SMILES string of the molecule is CC(Cc1cccs1)NC(=O)C(=O)N1CCNCC1. The van der Waals surface area contributed by atoms with E-state index in [4.69, 9.17) is 0 Å². The Hall–Kier alpha value is -1.40. The predicted molar refractivity (Wildman–Crippen MR) is 75.1 cm³/mol. The number of piperazine rings is 1. The van der Waals surface area contributed by atoms with Crippen molar-refractivity contribution < 1.29 is 9.59 Å². The van der Waals surface area contributed by atoms with E-state index in [9.17, 15) is 9.59 Å². The molecule has 0 aromatic carbocycles. The number of nitrogens with zero attached hydrogens (tertiary/aromatic N) is 1. The molecule has 6 heteroatoms. The van der Waals surface area contributed by atoms with Crippen LogP contribution in [0.25, 0.3) is 0 Å². The Bertz CT molecular complexity index is 427. The van der Waals surface area contributed by atoms with Gasteiger partial charge in [-0.25, -0.2) is 0 Å². The molecule has 1 aromatic heterocycles. The van der Waals surface area contributed by atoms with Gasteiger partial charge in [-0.1, -0.05) is 6.07 Å². The second-order valence-electron chi connectivity index (χ2n) is 4.70. The lowest BCUT2D eigenvalue weighted by atomic mass is 10.2. The van der Waals surface area contributed by atoms with Crippen molar-refractivity contribution in [3.8, 4) is 0 Å². The van der Waals surface area contributed by atoms with Gasteiger partial charge in [0.15, 0.2) is 0 Å². The van der Waals surface area contributed by atoms with Gasteiger partial charge >= 0.3 is 11.8 Å². The Labute approximate surface area is 117 Å². The van der Waals surface area contributed by atoms with E-state index < -0.39 is 11.8 Å². The third kappa shape index (κ3) is 4.04. The highest BCUT2D eigenvalue weighted by Crippen LogP contribution is 2.10. The van der Waals surface area contributed by atoms with Crippen LogP contribution in [0, 0.1) is 0 Å². The van der Waals surface area contributed by atoms with Crippen molar-refractivity contribution in [2.24, 2.45) is 0 Å². The van der Waals surface area contributed by atoms with E-state index in [0.717, 1.165) is 19.5 Å². The van der Waals surface area contributed by atoms with E-state index in [1.165, 1.54) is 4.88 Å². The minimum atomic E-state index is -0.494. The zero-order valence-corrected chi connectivity index (χ0v) is 11.8. The Morgan fingerprint density at radius 2 is 2.21 bits per heavy atom. The summed E-state index contributed by atoms with van der Waals surface area (Å²) in [5.74, 6) is -0.912. The number of thiophene rings is 1. The standard InChI is InChI=1S/C13H19N3O2S/c1-10(9-11-3-2-8-19-11)15-12(17)13(18)16-6-4-14-5-7-16/h2-3,8,10,14H,4-7,9H2,1H3,(H,15,17). The zero-order chi connectivity index (χ0) is 13.7. The molecule has 1 aliphatic rings. The highest BCUT2D eigenvalue weighted by Gasteiger charge is 2.24. The van der Waals surface area contributed by atoms with Crippen molar-refractivity contribution in [2.45, 2.75) is 19.4 Å². The van der Waals surface area contributed by atoms with Gasteiger partial charge in [0, 0.05) is 43.5 Å². The third-order valence-electron chi connectivity index (χ3n) is 3.06. The molecule has 2 amide bonds. The minimum Gasteiger partial charge on any atom is -0.345 e. The predicted octanol–water partition coefficient (Wildman–Crippen LogP) is 0.227. The molecule has 1 fully saturated rings. The maximum atomic E-state index is 11.9. The van der Waals surface area contributed by atoms with Gasteiger partial charge in [-0.2, -0.15) is 0 Å². The molecular formula is C13H19N3O2S. The van der Waals surface area contributed by atoms with Crippen LogP contribution in [-0.2, 0) is 16.0 Å². The lowest BCUT2D eigenvalue weighted by Gasteiger charge is -2.27. The second-order valence-corrected chi connectivity index (χ2v) is 5.73. The van der Waals surface area contributed by atoms with Gasteiger partial charge in [-0.15, -0.1) is 11.3 Å². The molecule has 2 rings (SSSR count). The van der Waals surface area contributed by atoms with Crippen LogP contribution in [0.1, 0.15) is 11.8 Å². The molecule has 1 aliphatic heterocycles. The van der Waals surface area contributed by atoms with Crippen LogP contribution >= 0.6 is 11.3 Å². The van der Waals surface area contributed by atoms with Crippen molar-refractivity contribution in [1.82, 2.24) is 15.5 Å². The Balaban J connectivity index is 1.80. The molecule has 19 heavy (non-hydrogen) atoms. The van der Waals surface area contributed by atoms with E-state index in [2.05, 4.69) is 10.6 Å². The third-order valence-corrected chi connectivity index (χ3v) is 3.96. The molecule has 2 N–H and O–H groups in total. The largest absolute Gasteiger partial charge is 0.345 e. The fourth-order valence-corrected chi connectivity index (χ4v) is 2.91. The summed E-state index contributed by atoms with van der Waals surface area (Å²) in [5, 5.41) is 7.94. The average Bonchev–Trinajstić information content (AvgIpc) is 2.91. The van der Waals surface area contributed by atoms with Gasteiger partial charge in [0.1, 0.15) is 0 Å². The molecule has 0 saturated carbocycles. The fourth-order valence-electron chi connectivity index (χ4n) is 2.08. The van der Waals surface area contributed by atoms with E-state index in [0.29, 0.717) is 13.1 Å². The number of nitrogens with one attached hydrogen (secondary N) is 2. The van der Waals surface area contributed by atoms with Gasteiger partial charge in [0.05, 0.1) is 0 Å². The molecule has 1 aromatic rings. The summed E-state index contributed by atoms with van der Waals surface area (Å²) in [6.07, 6.45) is 0.762. The summed E-state index contributed by atoms with van der Waals surface area (Å²) < 4.78 is 0. The topological polar surface area (TPSA) is 61.4 Å². The average molecular weight is 281 g/mol. The first-order valence-corrected chi connectivity index (χ1v) is 7.37. The summed E-state index contributed by atoms with van der Waals surface area (Å²) in [4.78, 5) is 26.6. The molecule has 1 atom stereocenters. The summed E-state index contributed by atoms with van der Waals surface area (Å²) in [6.45, 7) is 4.63. The van der Waals surface area contributed by atoms with Crippen molar-refractivity contribution in [3.05, 3.63) is 22.4 Å². The molecule has 5 nitrogen and oxygen atoms in total. The van der Waals surface area contributed by atoms with Crippen LogP contribution in [0.2, 0.25) is 0 Å². The lowest BCUT2D eigenvalue weighted by molar-refractivity contribution is -0.146. The van der Waals surface area contributed by atoms with Gasteiger partial charge < -0.3 is 15.5 Å². The van der Waals surface area contributed by atoms with Crippen molar-refractivity contribution in [3.63, 3.8) is 0 Å². The number of hydrogen-bond donors (Lipinski definition) is 2. The highest BCUT2D eigenvalue weighted by atomic mass is 32.1. The van der Waals surface area contributed by atoms with Crippen molar-refractivity contribution in [1.29, 1.82) is 0 Å². The molecule has 0 bridgehead atoms. The van der Waals surface area contributed by atoms with Crippen molar-refractivity contribution >= 4 is 23.2 Å². The monoisotopic (exact) mass is 281 g/mol. The maximum absolute atomic E-state index is 11.9. The van der Waals surface area contributed by atoms with Gasteiger partial charge in [0.2, 0.25) is 0 Å². The first-order chi connectivity index (χ1) is 9.16. The van der Waals surface area contributed by atoms with E-state index >= 15 is 0 Å². The van der Waals surface area contributed by atoms with E-state index in [1.54, 1.807) is 16.2 Å². The quantitative estimate of drug-likeness (QED) is 0.780. The number of carbonyl (C=O) groups is 2. The first-order valence-electron chi connectivity index (χ1n) is 6.49. The Kier molecular flexibility index (Phi) is 4.93. The van der Waals surface area contributed by atoms with Crippen LogP contribution in [0.4, 0.5) is 0 Å². The zero-order valence-electron chi connectivity index (χ0n) is 11.0. The van der Waals surface area contributed by atoms with Gasteiger partial charge in [-0.05, 0) is 18.4 Å². The molecule has 0 radical (unpaired) electrons. The van der Waals surface area contributed by atoms with Crippen LogP contribution in [0.5, 0.6) is 0 Å². The molecule has 2 heterocycles. The minimum absolute atomic E-state index is 0.0296. The Morgan fingerprint density at radius 1 is 1.47 bits per heavy atom. The number of hydrogen-bond acceptors (Lipinski definition) is 4. The molecule has 1 unspecified atom stereocenters. The maximum Gasteiger partial charge on any atom is 0.311 e. The summed E-state index contributed by atoms with van der Waals surface area (Å²) in [6, 6.07) is 3.99.